The highest BCUT2D eigenvalue weighted by molar-refractivity contribution is 5.94. The van der Waals surface area contributed by atoms with E-state index in [4.69, 9.17) is 9.47 Å². The topological polar surface area (TPSA) is 93.1 Å². The predicted octanol–water partition coefficient (Wildman–Crippen LogP) is 11.1. The fraction of sp³-hybridized carbons (Fsp3) is 0.689. The van der Waals surface area contributed by atoms with E-state index in [1.807, 2.05) is 76.2 Å². The number of ether oxygens (including phenoxy) is 2. The van der Waals surface area contributed by atoms with Crippen molar-refractivity contribution in [2.75, 3.05) is 13.2 Å². The number of benzene rings is 2. The zero-order chi connectivity index (χ0) is 37.4. The molecular formula is C45H72O6. The van der Waals surface area contributed by atoms with E-state index in [1.165, 1.54) is 83.5 Å². The van der Waals surface area contributed by atoms with Gasteiger partial charge in [-0.2, -0.15) is 0 Å². The lowest BCUT2D eigenvalue weighted by molar-refractivity contribution is -0.164. The molecule has 0 spiro atoms. The van der Waals surface area contributed by atoms with Crippen LogP contribution in [-0.4, -0.2) is 35.4 Å². The molecular weight excluding hydrogens is 636 g/mol. The number of esters is 2. The lowest BCUT2D eigenvalue weighted by Gasteiger charge is -2.27. The highest BCUT2D eigenvalue weighted by Crippen LogP contribution is 2.29. The van der Waals surface area contributed by atoms with Crippen molar-refractivity contribution in [1.29, 1.82) is 0 Å². The van der Waals surface area contributed by atoms with Gasteiger partial charge in [-0.3, -0.25) is 9.59 Å². The summed E-state index contributed by atoms with van der Waals surface area (Å²) in [6.45, 7) is 10.6. The molecule has 6 nitrogen and oxygen atoms in total. The van der Waals surface area contributed by atoms with Crippen molar-refractivity contribution in [2.45, 2.75) is 181 Å². The summed E-state index contributed by atoms with van der Waals surface area (Å²) in [5, 5.41) is 20.0. The monoisotopic (exact) mass is 709 g/mol. The molecule has 2 atom stereocenters. The largest absolute Gasteiger partial charge is 0.460 e. The van der Waals surface area contributed by atoms with E-state index < -0.39 is 17.9 Å². The van der Waals surface area contributed by atoms with Gasteiger partial charge in [-0.1, -0.05) is 186 Å². The van der Waals surface area contributed by atoms with Gasteiger partial charge in [-0.25, -0.2) is 0 Å². The van der Waals surface area contributed by atoms with Crippen LogP contribution in [0, 0.1) is 5.92 Å². The first-order valence-corrected chi connectivity index (χ1v) is 20.4. The number of aliphatic hydroxyl groups is 2. The molecule has 2 aromatic rings. The quantitative estimate of drug-likeness (QED) is 0.0496. The smallest absolute Gasteiger partial charge is 0.320 e. The van der Waals surface area contributed by atoms with Gasteiger partial charge in [0.25, 0.3) is 0 Å². The summed E-state index contributed by atoms with van der Waals surface area (Å²) in [5.74, 6) is -2.10. The number of hydrogen-bond donors (Lipinski definition) is 2. The molecule has 2 aromatic carbocycles. The average molecular weight is 709 g/mol. The Morgan fingerprint density at radius 3 is 1.25 bits per heavy atom. The molecule has 0 bridgehead atoms. The van der Waals surface area contributed by atoms with Gasteiger partial charge in [0.05, 0.1) is 13.2 Å². The Hall–Kier alpha value is -2.70. The highest BCUT2D eigenvalue weighted by Gasteiger charge is 2.30. The zero-order valence-electron chi connectivity index (χ0n) is 33.0. The third-order valence-corrected chi connectivity index (χ3v) is 11.2. The van der Waals surface area contributed by atoms with Gasteiger partial charge in [-0.05, 0) is 41.5 Å². The lowest BCUT2D eigenvalue weighted by atomic mass is 9.80. The van der Waals surface area contributed by atoms with Gasteiger partial charge in [0.15, 0.2) is 5.92 Å². The van der Waals surface area contributed by atoms with E-state index in [-0.39, 0.29) is 37.3 Å². The lowest BCUT2D eigenvalue weighted by Crippen LogP contribution is -2.28. The molecule has 6 heteroatoms. The van der Waals surface area contributed by atoms with Crippen molar-refractivity contribution in [3.8, 4) is 0 Å². The Morgan fingerprint density at radius 2 is 0.922 bits per heavy atom. The van der Waals surface area contributed by atoms with E-state index in [2.05, 4.69) is 6.92 Å². The number of carbonyl (C=O) groups is 2. The van der Waals surface area contributed by atoms with E-state index in [1.54, 1.807) is 0 Å². The first kappa shape index (κ1) is 44.5. The molecule has 0 fully saturated rings. The minimum Gasteiger partial charge on any atom is -0.460 e. The van der Waals surface area contributed by atoms with E-state index in [0.29, 0.717) is 6.42 Å². The summed E-state index contributed by atoms with van der Waals surface area (Å²) in [7, 11) is 0. The molecule has 0 aliphatic rings. The Morgan fingerprint density at radius 1 is 0.569 bits per heavy atom. The minimum absolute atomic E-state index is 0.0283. The average Bonchev–Trinajstić information content (AvgIpc) is 3.16. The molecule has 0 aliphatic heterocycles. The molecule has 2 rings (SSSR count). The summed E-state index contributed by atoms with van der Waals surface area (Å²) >= 11 is 0. The molecule has 0 heterocycles. The molecule has 288 valence electrons. The number of hydrogen-bond acceptors (Lipinski definition) is 6. The van der Waals surface area contributed by atoms with Crippen molar-refractivity contribution in [1.82, 2.24) is 0 Å². The summed E-state index contributed by atoms with van der Waals surface area (Å²) in [6.07, 6.45) is 22.1. The zero-order valence-corrected chi connectivity index (χ0v) is 33.0. The van der Waals surface area contributed by atoms with Crippen molar-refractivity contribution in [3.63, 3.8) is 0 Å². The second kappa shape index (κ2) is 25.3. The normalized spacial score (nSPS) is 14.4. The second-order valence-corrected chi connectivity index (χ2v) is 15.4. The Labute approximate surface area is 311 Å². The molecule has 0 radical (unpaired) electrons. The van der Waals surface area contributed by atoms with E-state index in [9.17, 15) is 19.8 Å². The van der Waals surface area contributed by atoms with Gasteiger partial charge in [-0.15, -0.1) is 0 Å². The minimum atomic E-state index is -0.986. The van der Waals surface area contributed by atoms with Crippen molar-refractivity contribution in [3.05, 3.63) is 70.8 Å². The maximum absolute atomic E-state index is 13.4. The molecule has 0 saturated carbocycles. The summed E-state index contributed by atoms with van der Waals surface area (Å²) in [4.78, 5) is 26.9. The van der Waals surface area contributed by atoms with Gasteiger partial charge < -0.3 is 19.7 Å². The van der Waals surface area contributed by atoms with E-state index >= 15 is 0 Å². The third kappa shape index (κ3) is 16.2. The van der Waals surface area contributed by atoms with Crippen LogP contribution in [0.1, 0.15) is 179 Å². The van der Waals surface area contributed by atoms with Crippen LogP contribution in [0.15, 0.2) is 48.5 Å². The Balaban J connectivity index is 1.89. The van der Waals surface area contributed by atoms with Crippen LogP contribution in [0.3, 0.4) is 0 Å². The molecule has 0 aliphatic carbocycles. The van der Waals surface area contributed by atoms with Crippen molar-refractivity contribution >= 4 is 11.9 Å². The van der Waals surface area contributed by atoms with Crippen molar-refractivity contribution in [2.24, 2.45) is 5.92 Å². The van der Waals surface area contributed by atoms with Crippen LogP contribution in [0.4, 0.5) is 0 Å². The maximum Gasteiger partial charge on any atom is 0.320 e. The molecule has 2 N–H and O–H groups in total. The molecule has 2 unspecified atom stereocenters. The SMILES string of the molecule is CCCCCCCCCCCCCCCCCCC(C(=O)OCc1cccc(C(C)(CC)CO)c1)C(=O)OCc1cccc(C(C)(CC)CO)c1. The molecule has 0 amide bonds. The van der Waals surface area contributed by atoms with Gasteiger partial charge in [0, 0.05) is 10.8 Å². The van der Waals surface area contributed by atoms with Crippen LogP contribution in [0.5, 0.6) is 0 Å². The standard InChI is InChI=1S/C45H72O6/c1-6-9-10-11-12-13-14-15-16-17-18-19-20-21-22-23-30-41(42(48)50-33-37-26-24-28-39(31-37)44(4,7-2)35-46)43(49)51-34-38-27-25-29-40(32-38)45(5,8-3)36-47/h24-29,31-32,41,46-47H,6-23,30,33-36H2,1-5H3. The fourth-order valence-electron chi connectivity index (χ4n) is 6.63. The van der Waals surface area contributed by atoms with Crippen LogP contribution in [0.2, 0.25) is 0 Å². The fourth-order valence-corrected chi connectivity index (χ4v) is 6.63. The van der Waals surface area contributed by atoms with Crippen LogP contribution >= 0.6 is 0 Å². The molecule has 0 aromatic heterocycles. The van der Waals surface area contributed by atoms with Gasteiger partial charge in [0.2, 0.25) is 0 Å². The number of rotatable bonds is 29. The predicted molar refractivity (Wildman–Crippen MR) is 210 cm³/mol. The van der Waals surface area contributed by atoms with Crippen LogP contribution in [0.25, 0.3) is 0 Å². The van der Waals surface area contributed by atoms with Gasteiger partial charge >= 0.3 is 11.9 Å². The third-order valence-electron chi connectivity index (χ3n) is 11.2. The summed E-state index contributed by atoms with van der Waals surface area (Å²) < 4.78 is 11.5. The van der Waals surface area contributed by atoms with Gasteiger partial charge in [0.1, 0.15) is 13.2 Å². The first-order valence-electron chi connectivity index (χ1n) is 20.4. The summed E-state index contributed by atoms with van der Waals surface area (Å²) in [5.41, 5.74) is 2.89. The van der Waals surface area contributed by atoms with Crippen LogP contribution < -0.4 is 0 Å². The summed E-state index contributed by atoms with van der Waals surface area (Å²) in [6, 6.07) is 15.5. The first-order chi connectivity index (χ1) is 24.7. The number of carbonyl (C=O) groups excluding carboxylic acids is 2. The van der Waals surface area contributed by atoms with Crippen LogP contribution in [-0.2, 0) is 43.1 Å². The Bertz CT molecular complexity index is 1150. The number of unbranched alkanes of at least 4 members (excludes halogenated alkanes) is 15. The highest BCUT2D eigenvalue weighted by atomic mass is 16.6. The number of aliphatic hydroxyl groups excluding tert-OH is 2. The Kier molecular flexibility index (Phi) is 22.1. The molecule has 0 saturated heterocycles. The van der Waals surface area contributed by atoms with Crippen molar-refractivity contribution < 1.29 is 29.3 Å². The second-order valence-electron chi connectivity index (χ2n) is 15.4. The molecule has 51 heavy (non-hydrogen) atoms. The maximum atomic E-state index is 13.4. The van der Waals surface area contributed by atoms with E-state index in [0.717, 1.165) is 54.4 Å².